The summed E-state index contributed by atoms with van der Waals surface area (Å²) in [7, 11) is 0. The first-order valence-electron chi connectivity index (χ1n) is 7.99. The van der Waals surface area contributed by atoms with Crippen molar-refractivity contribution in [1.82, 2.24) is 0 Å². The smallest absolute Gasteiger partial charge is 0.366 e. The highest BCUT2D eigenvalue weighted by atomic mass is 79.9. The van der Waals surface area contributed by atoms with Crippen LogP contribution in [0.4, 0.5) is 0 Å². The lowest BCUT2D eigenvalue weighted by Crippen LogP contribution is -2.44. The van der Waals surface area contributed by atoms with Crippen LogP contribution in [0, 0.1) is 16.2 Å². The van der Waals surface area contributed by atoms with E-state index in [1.807, 2.05) is 6.07 Å². The molecule has 0 spiro atoms. The first-order valence-corrected chi connectivity index (χ1v) is 8.78. The molecule has 2 N–H and O–H groups in total. The monoisotopic (exact) mass is 392 g/mol. The number of primary amides is 1. The largest absolute Gasteiger partial charge is 0.369 e. The van der Waals surface area contributed by atoms with E-state index in [0.29, 0.717) is 16.5 Å². The number of amides is 1. The van der Waals surface area contributed by atoms with Gasteiger partial charge < -0.3 is 10.6 Å². The maximum absolute atomic E-state index is 12.3. The van der Waals surface area contributed by atoms with Crippen LogP contribution in [-0.2, 0) is 9.63 Å². The summed E-state index contributed by atoms with van der Waals surface area (Å²) in [5.41, 5.74) is 5.67. The fourth-order valence-corrected chi connectivity index (χ4v) is 4.78. The molecule has 2 fully saturated rings. The molecule has 0 heterocycles. The summed E-state index contributed by atoms with van der Waals surface area (Å²) < 4.78 is 0.656. The van der Waals surface area contributed by atoms with Crippen LogP contribution in [0.1, 0.15) is 50.4 Å². The van der Waals surface area contributed by atoms with Gasteiger partial charge >= 0.3 is 5.97 Å². The number of oxime groups is 1. The minimum atomic E-state index is -0.611. The Morgan fingerprint density at radius 3 is 2.46 bits per heavy atom. The van der Waals surface area contributed by atoms with Crippen LogP contribution in [0.25, 0.3) is 0 Å². The van der Waals surface area contributed by atoms with Gasteiger partial charge in [-0.05, 0) is 46.3 Å². The molecule has 6 heteroatoms. The number of carbonyl (C=O) groups is 2. The van der Waals surface area contributed by atoms with Crippen molar-refractivity contribution in [2.24, 2.45) is 27.1 Å². The molecule has 1 aromatic rings. The Balaban J connectivity index is 1.89. The van der Waals surface area contributed by atoms with E-state index < -0.39 is 11.4 Å². The summed E-state index contributed by atoms with van der Waals surface area (Å²) in [6.07, 6.45) is 2.02. The van der Waals surface area contributed by atoms with Crippen molar-refractivity contribution in [3.63, 3.8) is 0 Å². The Morgan fingerprint density at radius 1 is 1.21 bits per heavy atom. The number of rotatable bonds is 3. The van der Waals surface area contributed by atoms with Crippen molar-refractivity contribution in [1.29, 1.82) is 0 Å². The maximum atomic E-state index is 12.3. The van der Waals surface area contributed by atoms with Crippen molar-refractivity contribution in [3.05, 3.63) is 34.3 Å². The molecule has 5 nitrogen and oxygen atoms in total. The summed E-state index contributed by atoms with van der Waals surface area (Å²) in [4.78, 5) is 29.6. The molecule has 0 aliphatic heterocycles. The average Bonchev–Trinajstić information content (AvgIpc) is 2.83. The zero-order valence-corrected chi connectivity index (χ0v) is 15.6. The lowest BCUT2D eigenvalue weighted by Gasteiger charge is -2.38. The third-order valence-corrected chi connectivity index (χ3v) is 7.23. The predicted octanol–water partition coefficient (Wildman–Crippen LogP) is 3.66. The standard InChI is InChI=1S/C18H21BrN2O3/c1-16(2)17(3)8-9-18(16,15(20)23)10-13(17)21-24-14(22)11-6-4-5-7-12(11)19/h4-7H,8-10H2,1-3H3,(H2,20,23). The molecule has 2 unspecified atom stereocenters. The molecular formula is C18H21BrN2O3. The number of benzene rings is 1. The van der Waals surface area contributed by atoms with Gasteiger partial charge in [-0.3, -0.25) is 4.79 Å². The number of fused-ring (bicyclic) bond motifs is 2. The summed E-state index contributed by atoms with van der Waals surface area (Å²) >= 11 is 3.33. The van der Waals surface area contributed by atoms with Gasteiger partial charge in [-0.25, -0.2) is 4.79 Å². The highest BCUT2D eigenvalue weighted by Gasteiger charge is 2.71. The quantitative estimate of drug-likeness (QED) is 0.629. The van der Waals surface area contributed by atoms with Gasteiger partial charge in [-0.15, -0.1) is 0 Å². The van der Waals surface area contributed by atoms with Gasteiger partial charge in [0, 0.05) is 16.3 Å². The number of hydrogen-bond donors (Lipinski definition) is 1. The van der Waals surface area contributed by atoms with Crippen LogP contribution in [0.2, 0.25) is 0 Å². The molecular weight excluding hydrogens is 372 g/mol. The summed E-state index contributed by atoms with van der Waals surface area (Å²) in [6, 6.07) is 7.03. The van der Waals surface area contributed by atoms with Crippen molar-refractivity contribution in [2.75, 3.05) is 0 Å². The molecule has 0 radical (unpaired) electrons. The summed E-state index contributed by atoms with van der Waals surface area (Å²) in [5.74, 6) is -0.814. The molecule has 2 saturated carbocycles. The van der Waals surface area contributed by atoms with Gasteiger partial charge in [-0.2, -0.15) is 0 Å². The van der Waals surface area contributed by atoms with Crippen LogP contribution in [0.15, 0.2) is 33.9 Å². The first kappa shape index (κ1) is 17.1. The van der Waals surface area contributed by atoms with Crippen LogP contribution in [-0.4, -0.2) is 17.6 Å². The molecule has 2 atom stereocenters. The van der Waals surface area contributed by atoms with Crippen LogP contribution in [0.5, 0.6) is 0 Å². The predicted molar refractivity (Wildman–Crippen MR) is 94.4 cm³/mol. The van der Waals surface area contributed by atoms with Gasteiger partial charge in [-0.1, -0.05) is 38.1 Å². The van der Waals surface area contributed by atoms with E-state index in [1.54, 1.807) is 18.2 Å². The Bertz CT molecular complexity index is 758. The van der Waals surface area contributed by atoms with E-state index in [2.05, 4.69) is 41.9 Å². The summed E-state index contributed by atoms with van der Waals surface area (Å²) in [6.45, 7) is 6.20. The lowest BCUT2D eigenvalue weighted by molar-refractivity contribution is -0.132. The molecule has 0 saturated heterocycles. The van der Waals surface area contributed by atoms with Crippen molar-refractivity contribution >= 4 is 33.5 Å². The topological polar surface area (TPSA) is 81.8 Å². The average molecular weight is 393 g/mol. The zero-order chi connectivity index (χ0) is 17.8. The normalized spacial score (nSPS) is 32.1. The van der Waals surface area contributed by atoms with Gasteiger partial charge in [0.05, 0.1) is 16.7 Å². The van der Waals surface area contributed by atoms with E-state index in [9.17, 15) is 9.59 Å². The second kappa shape index (κ2) is 5.41. The lowest BCUT2D eigenvalue weighted by atomic mass is 9.64. The van der Waals surface area contributed by atoms with Crippen LogP contribution < -0.4 is 5.73 Å². The van der Waals surface area contributed by atoms with Gasteiger partial charge in [0.25, 0.3) is 0 Å². The van der Waals surface area contributed by atoms with Crippen molar-refractivity contribution < 1.29 is 14.4 Å². The second-order valence-electron chi connectivity index (χ2n) is 7.48. The first-order chi connectivity index (χ1) is 11.2. The Kier molecular flexibility index (Phi) is 3.86. The third kappa shape index (κ3) is 2.08. The molecule has 1 aromatic carbocycles. The molecule has 2 aliphatic rings. The molecule has 2 aliphatic carbocycles. The molecule has 3 rings (SSSR count). The Morgan fingerprint density at radius 2 is 1.88 bits per heavy atom. The third-order valence-electron chi connectivity index (χ3n) is 6.54. The highest BCUT2D eigenvalue weighted by molar-refractivity contribution is 9.10. The molecule has 128 valence electrons. The minimum absolute atomic E-state index is 0.293. The SMILES string of the molecule is CC12CCC(C(N)=O)(CC1=NOC(=O)c1ccccc1Br)C2(C)C. The molecule has 1 amide bonds. The molecule has 2 bridgehead atoms. The second-order valence-corrected chi connectivity index (χ2v) is 8.33. The maximum Gasteiger partial charge on any atom is 0.366 e. The van der Waals surface area contributed by atoms with Gasteiger partial charge in [0.2, 0.25) is 5.91 Å². The fourth-order valence-electron chi connectivity index (χ4n) is 4.34. The van der Waals surface area contributed by atoms with Crippen LogP contribution >= 0.6 is 15.9 Å². The Labute approximate surface area is 149 Å². The fraction of sp³-hybridized carbons (Fsp3) is 0.500. The van der Waals surface area contributed by atoms with Crippen LogP contribution in [0.3, 0.4) is 0 Å². The van der Waals surface area contributed by atoms with Crippen molar-refractivity contribution in [3.8, 4) is 0 Å². The number of nitrogens with zero attached hydrogens (tertiary/aromatic N) is 1. The number of nitrogens with two attached hydrogens (primary N) is 1. The van der Waals surface area contributed by atoms with Gasteiger partial charge in [0.1, 0.15) is 0 Å². The van der Waals surface area contributed by atoms with E-state index in [1.165, 1.54) is 0 Å². The van der Waals surface area contributed by atoms with E-state index in [0.717, 1.165) is 18.6 Å². The minimum Gasteiger partial charge on any atom is -0.369 e. The van der Waals surface area contributed by atoms with E-state index in [4.69, 9.17) is 10.6 Å². The zero-order valence-electron chi connectivity index (χ0n) is 14.1. The number of hydrogen-bond acceptors (Lipinski definition) is 4. The molecule has 0 aromatic heterocycles. The van der Waals surface area contributed by atoms with E-state index >= 15 is 0 Å². The Hall–Kier alpha value is -1.69. The number of halogens is 1. The van der Waals surface area contributed by atoms with Crippen molar-refractivity contribution in [2.45, 2.75) is 40.0 Å². The molecule has 24 heavy (non-hydrogen) atoms. The highest BCUT2D eigenvalue weighted by Crippen LogP contribution is 2.70. The van der Waals surface area contributed by atoms with E-state index in [-0.39, 0.29) is 16.7 Å². The summed E-state index contributed by atoms with van der Waals surface area (Å²) in [5, 5.41) is 4.16. The van der Waals surface area contributed by atoms with Gasteiger partial charge in [0.15, 0.2) is 0 Å². The number of carbonyl (C=O) groups excluding carboxylic acids is 2.